The molecule has 0 aliphatic carbocycles. The molecule has 0 bridgehead atoms. The zero-order chi connectivity index (χ0) is 18.1. The number of thioether (sulfide) groups is 1. The third kappa shape index (κ3) is 3.68. The van der Waals surface area contributed by atoms with Gasteiger partial charge in [0.2, 0.25) is 0 Å². The van der Waals surface area contributed by atoms with Gasteiger partial charge < -0.3 is 25.4 Å². The first-order chi connectivity index (χ1) is 12.0. The summed E-state index contributed by atoms with van der Waals surface area (Å²) >= 11 is 1.23. The summed E-state index contributed by atoms with van der Waals surface area (Å²) in [5.74, 6) is -2.69. The van der Waals surface area contributed by atoms with E-state index in [9.17, 15) is 29.7 Å². The maximum atomic E-state index is 12.3. The van der Waals surface area contributed by atoms with Crippen molar-refractivity contribution in [1.29, 1.82) is 0 Å². The molecule has 2 aliphatic rings. The van der Waals surface area contributed by atoms with Gasteiger partial charge in [0.25, 0.3) is 11.8 Å². The van der Waals surface area contributed by atoms with E-state index < -0.39 is 41.9 Å². The van der Waals surface area contributed by atoms with Gasteiger partial charge in [0, 0.05) is 5.75 Å². The number of hydrogen-bond donors (Lipinski definition) is 3. The van der Waals surface area contributed by atoms with Crippen LogP contribution in [0.3, 0.4) is 0 Å². The number of fused-ring (bicyclic) bond motifs is 1. The SMILES string of the molecule is O=C([O-])C1=C(CO)CS[C@H]2[C@H](NC(=O)C(O)c3ccccc3)C(=O)N12.[Na+]. The number of carbonyl (C=O) groups is 3. The Balaban J connectivity index is 0.00000243. The Morgan fingerprint density at radius 2 is 2.00 bits per heavy atom. The Labute approximate surface area is 175 Å². The molecule has 3 N–H and O–H groups in total. The summed E-state index contributed by atoms with van der Waals surface area (Å²) in [6.45, 7) is -0.490. The van der Waals surface area contributed by atoms with Crippen molar-refractivity contribution in [2.75, 3.05) is 12.4 Å². The van der Waals surface area contributed by atoms with Gasteiger partial charge in [-0.2, -0.15) is 0 Å². The second kappa shape index (κ2) is 8.55. The largest absolute Gasteiger partial charge is 1.00 e. The minimum absolute atomic E-state index is 0. The normalized spacial score (nSPS) is 22.7. The maximum Gasteiger partial charge on any atom is 1.00 e. The zero-order valence-electron chi connectivity index (χ0n) is 13.9. The summed E-state index contributed by atoms with van der Waals surface area (Å²) in [7, 11) is 0. The molecule has 0 saturated carbocycles. The van der Waals surface area contributed by atoms with E-state index >= 15 is 0 Å². The second-order valence-corrected chi connectivity index (χ2v) is 6.71. The minimum atomic E-state index is -1.54. The molecule has 1 aromatic rings. The fourth-order valence-corrected chi connectivity index (χ4v) is 4.15. The first-order valence-electron chi connectivity index (χ1n) is 7.48. The molecule has 1 saturated heterocycles. The van der Waals surface area contributed by atoms with Crippen molar-refractivity contribution in [3.63, 3.8) is 0 Å². The van der Waals surface area contributed by atoms with Crippen LogP contribution in [0, 0.1) is 0 Å². The molecule has 0 radical (unpaired) electrons. The van der Waals surface area contributed by atoms with E-state index in [2.05, 4.69) is 5.32 Å². The van der Waals surface area contributed by atoms with Gasteiger partial charge in [-0.1, -0.05) is 30.3 Å². The average Bonchev–Trinajstić information content (AvgIpc) is 2.64. The van der Waals surface area contributed by atoms with Gasteiger partial charge in [-0.15, -0.1) is 11.8 Å². The van der Waals surface area contributed by atoms with Gasteiger partial charge in [-0.05, 0) is 11.1 Å². The monoisotopic (exact) mass is 386 g/mol. The summed E-state index contributed by atoms with van der Waals surface area (Å²) in [6.07, 6.45) is -1.43. The number of rotatable bonds is 5. The molecule has 2 heterocycles. The predicted octanol–water partition coefficient (Wildman–Crippen LogP) is -4.88. The number of carbonyl (C=O) groups excluding carboxylic acids is 3. The molecule has 1 unspecified atom stereocenters. The van der Waals surface area contributed by atoms with Crippen molar-refractivity contribution in [3.8, 4) is 0 Å². The third-order valence-corrected chi connectivity index (χ3v) is 5.43. The van der Waals surface area contributed by atoms with Crippen LogP contribution in [-0.4, -0.2) is 56.7 Å². The van der Waals surface area contributed by atoms with E-state index in [0.717, 1.165) is 4.90 Å². The van der Waals surface area contributed by atoms with Crippen LogP contribution in [0.5, 0.6) is 0 Å². The van der Waals surface area contributed by atoms with Crippen LogP contribution in [0.1, 0.15) is 11.7 Å². The Kier molecular flexibility index (Phi) is 6.89. The van der Waals surface area contributed by atoms with E-state index in [1.807, 2.05) is 0 Å². The fraction of sp³-hybridized carbons (Fsp3) is 0.312. The van der Waals surface area contributed by atoms with E-state index in [1.165, 1.54) is 11.8 Å². The standard InChI is InChI=1S/C16H16N2O6S.Na/c19-6-9-7-25-15-10(14(22)18(15)11(9)16(23)24)17-13(21)12(20)8-4-2-1-3-5-8;/h1-5,10,12,15,19-20H,6-7H2,(H,17,21)(H,23,24);/q;+1/p-1/t10-,12?,15+;/m1./s1. The van der Waals surface area contributed by atoms with Gasteiger partial charge in [0.15, 0.2) is 6.10 Å². The number of hydrogen-bond acceptors (Lipinski definition) is 7. The van der Waals surface area contributed by atoms with E-state index in [-0.39, 0.29) is 46.6 Å². The predicted molar refractivity (Wildman–Crippen MR) is 85.5 cm³/mol. The van der Waals surface area contributed by atoms with Crippen molar-refractivity contribution in [2.24, 2.45) is 0 Å². The minimum Gasteiger partial charge on any atom is -0.543 e. The average molecular weight is 386 g/mol. The third-order valence-electron chi connectivity index (χ3n) is 4.09. The zero-order valence-corrected chi connectivity index (χ0v) is 16.7. The molecule has 132 valence electrons. The molecule has 0 spiro atoms. The molecule has 3 rings (SSSR count). The van der Waals surface area contributed by atoms with E-state index in [4.69, 9.17) is 0 Å². The number of nitrogens with one attached hydrogen (secondary N) is 1. The summed E-state index contributed by atoms with van der Waals surface area (Å²) in [5.41, 5.74) is 0.242. The molecular weight excluding hydrogens is 371 g/mol. The number of benzene rings is 1. The van der Waals surface area contributed by atoms with Crippen LogP contribution in [-0.2, 0) is 14.4 Å². The number of amides is 2. The van der Waals surface area contributed by atoms with Crippen LogP contribution in [0.4, 0.5) is 0 Å². The number of β-lactam (4-membered cyclic amide) rings is 1. The molecule has 1 aromatic carbocycles. The molecule has 3 atom stereocenters. The van der Waals surface area contributed by atoms with Crippen molar-refractivity contribution >= 4 is 29.5 Å². The Morgan fingerprint density at radius 1 is 1.35 bits per heavy atom. The number of carboxylic acid groups (broad SMARTS) is 1. The Bertz CT molecular complexity index is 756. The second-order valence-electron chi connectivity index (χ2n) is 5.61. The van der Waals surface area contributed by atoms with Crippen LogP contribution in [0.25, 0.3) is 0 Å². The van der Waals surface area contributed by atoms with E-state index in [1.54, 1.807) is 30.3 Å². The number of nitrogens with zero attached hydrogens (tertiary/aromatic N) is 1. The number of carboxylic acids is 1. The number of aliphatic carboxylic acids is 1. The molecule has 1 fully saturated rings. The number of aliphatic hydroxyl groups is 2. The van der Waals surface area contributed by atoms with Crippen LogP contribution < -0.4 is 40.0 Å². The molecule has 2 amide bonds. The Morgan fingerprint density at radius 3 is 2.58 bits per heavy atom. The van der Waals surface area contributed by atoms with Crippen LogP contribution in [0.2, 0.25) is 0 Å². The summed E-state index contributed by atoms with van der Waals surface area (Å²) in [6, 6.07) is 7.31. The van der Waals surface area contributed by atoms with Crippen molar-refractivity contribution < 1.29 is 59.3 Å². The smallest absolute Gasteiger partial charge is 0.543 e. The topological polar surface area (TPSA) is 130 Å². The maximum absolute atomic E-state index is 12.3. The first-order valence-corrected chi connectivity index (χ1v) is 8.53. The van der Waals surface area contributed by atoms with Gasteiger partial charge in [0.05, 0.1) is 18.3 Å². The van der Waals surface area contributed by atoms with Gasteiger partial charge in [-0.25, -0.2) is 0 Å². The van der Waals surface area contributed by atoms with E-state index in [0.29, 0.717) is 5.56 Å². The first kappa shape index (κ1) is 20.9. The van der Waals surface area contributed by atoms with Crippen molar-refractivity contribution in [3.05, 3.63) is 47.2 Å². The molecular formula is C16H15N2NaO6S. The fourth-order valence-electron chi connectivity index (χ4n) is 2.81. The quantitative estimate of drug-likeness (QED) is 0.342. The van der Waals surface area contributed by atoms with Crippen molar-refractivity contribution in [2.45, 2.75) is 17.5 Å². The molecule has 10 heteroatoms. The van der Waals surface area contributed by atoms with Gasteiger partial charge in [0.1, 0.15) is 11.4 Å². The van der Waals surface area contributed by atoms with Gasteiger partial charge in [-0.3, -0.25) is 14.5 Å². The van der Waals surface area contributed by atoms with Crippen molar-refractivity contribution in [1.82, 2.24) is 10.2 Å². The van der Waals surface area contributed by atoms with Crippen LogP contribution >= 0.6 is 11.8 Å². The summed E-state index contributed by atoms with van der Waals surface area (Å²) in [4.78, 5) is 36.7. The molecule has 2 aliphatic heterocycles. The van der Waals surface area contributed by atoms with Gasteiger partial charge >= 0.3 is 29.6 Å². The Hall–Kier alpha value is -1.36. The molecule has 26 heavy (non-hydrogen) atoms. The summed E-state index contributed by atoms with van der Waals surface area (Å²) < 4.78 is 0. The van der Waals surface area contributed by atoms with Crippen LogP contribution in [0.15, 0.2) is 41.6 Å². The molecule has 8 nitrogen and oxygen atoms in total. The number of aliphatic hydroxyl groups excluding tert-OH is 2. The summed E-state index contributed by atoms with van der Waals surface area (Å²) in [5, 5.41) is 32.4. The molecule has 0 aromatic heterocycles.